The molecule has 36 heavy (non-hydrogen) atoms. The number of hydrogen-bond donors (Lipinski definition) is 2. The topological polar surface area (TPSA) is 103 Å². The van der Waals surface area contributed by atoms with Crippen molar-refractivity contribution in [3.63, 3.8) is 0 Å². The van der Waals surface area contributed by atoms with Crippen LogP contribution in [-0.4, -0.2) is 81.9 Å². The van der Waals surface area contributed by atoms with Gasteiger partial charge in [-0.15, -0.1) is 0 Å². The van der Waals surface area contributed by atoms with Gasteiger partial charge in [0.05, 0.1) is 33.0 Å². The minimum Gasteiger partial charge on any atom is -0.378 e. The molecule has 1 atom stereocenters. The highest BCUT2D eigenvalue weighted by molar-refractivity contribution is 6.08. The molecule has 4 heterocycles. The fourth-order valence-electron chi connectivity index (χ4n) is 5.46. The Morgan fingerprint density at radius 3 is 2.03 bits per heavy atom. The highest BCUT2D eigenvalue weighted by Gasteiger charge is 2.50. The largest absolute Gasteiger partial charge is 0.378 e. The van der Waals surface area contributed by atoms with Crippen molar-refractivity contribution in [1.82, 2.24) is 15.5 Å². The molecule has 2 aromatic carbocycles. The van der Waals surface area contributed by atoms with Gasteiger partial charge in [0, 0.05) is 49.7 Å². The van der Waals surface area contributed by atoms with Crippen LogP contribution in [0.1, 0.15) is 21.5 Å². The third-order valence-electron chi connectivity index (χ3n) is 7.45. The van der Waals surface area contributed by atoms with Crippen LogP contribution in [0.2, 0.25) is 0 Å². The number of fused-ring (bicyclic) bond motifs is 1. The molecule has 4 amide bonds. The van der Waals surface area contributed by atoms with Crippen LogP contribution in [0, 0.1) is 0 Å². The summed E-state index contributed by atoms with van der Waals surface area (Å²) in [5.41, 5.74) is 2.86. The number of nitrogens with one attached hydrogen (secondary N) is 2. The third-order valence-corrected chi connectivity index (χ3v) is 7.45. The quantitative estimate of drug-likeness (QED) is 0.603. The highest BCUT2D eigenvalue weighted by Crippen LogP contribution is 2.33. The Hall–Kier alpha value is -3.63. The Bertz CT molecular complexity index is 1190. The second kappa shape index (κ2) is 9.11. The van der Waals surface area contributed by atoms with Gasteiger partial charge in [-0.3, -0.25) is 14.9 Å². The Labute approximate surface area is 209 Å². The lowest BCUT2D eigenvalue weighted by molar-refractivity contribution is -0.124. The molecule has 10 heteroatoms. The fourth-order valence-corrected chi connectivity index (χ4v) is 5.46. The molecule has 0 spiro atoms. The number of nitrogens with zero attached hydrogens (tertiary/aromatic N) is 3. The Morgan fingerprint density at radius 1 is 0.806 bits per heavy atom. The first kappa shape index (κ1) is 22.8. The lowest BCUT2D eigenvalue weighted by Crippen LogP contribution is -2.52. The molecule has 4 aliphatic rings. The summed E-state index contributed by atoms with van der Waals surface area (Å²) in [7, 11) is 0. The molecule has 2 aromatic rings. The second-order valence-electron chi connectivity index (χ2n) is 9.56. The van der Waals surface area contributed by atoms with Crippen molar-refractivity contribution in [1.29, 1.82) is 0 Å². The molecule has 0 aliphatic carbocycles. The predicted octanol–water partition coefficient (Wildman–Crippen LogP) is 1.05. The highest BCUT2D eigenvalue weighted by atomic mass is 16.5. The molecule has 0 saturated carbocycles. The molecule has 4 aliphatic heterocycles. The Balaban J connectivity index is 1.26. The lowest BCUT2D eigenvalue weighted by Gasteiger charge is -2.32. The summed E-state index contributed by atoms with van der Waals surface area (Å²) >= 11 is 0. The van der Waals surface area contributed by atoms with Crippen molar-refractivity contribution in [3.05, 3.63) is 59.2 Å². The molecule has 3 fully saturated rings. The number of carbonyl (C=O) groups is 3. The van der Waals surface area contributed by atoms with E-state index in [2.05, 4.69) is 20.4 Å². The first-order chi connectivity index (χ1) is 17.5. The standard InChI is InChI=1S/C26H29N5O5/c32-23-22-15-21(30-9-13-36-14-10-30)4-1-18(22)16-31(23)17-26(24(33)27-25(34)28-26)19-2-5-20(6-3-19)29-7-11-35-12-8-29/h1-6,15H,7-14,16-17H2,(H2,27,28,33,34). The van der Waals surface area contributed by atoms with Crippen LogP contribution in [0.15, 0.2) is 42.5 Å². The molecular weight excluding hydrogens is 462 g/mol. The van der Waals surface area contributed by atoms with Crippen LogP contribution >= 0.6 is 0 Å². The summed E-state index contributed by atoms with van der Waals surface area (Å²) in [6.45, 7) is 6.28. The van der Waals surface area contributed by atoms with E-state index in [1.165, 1.54) is 0 Å². The van der Waals surface area contributed by atoms with Crippen LogP contribution in [0.5, 0.6) is 0 Å². The van der Waals surface area contributed by atoms with Crippen LogP contribution < -0.4 is 20.4 Å². The zero-order chi connectivity index (χ0) is 24.7. The molecule has 6 rings (SSSR count). The van der Waals surface area contributed by atoms with Gasteiger partial charge in [0.25, 0.3) is 11.8 Å². The third kappa shape index (κ3) is 3.96. The summed E-state index contributed by atoms with van der Waals surface area (Å²) in [6, 6.07) is 13.0. The number of amides is 4. The Morgan fingerprint density at radius 2 is 1.42 bits per heavy atom. The van der Waals surface area contributed by atoms with Crippen LogP contribution in [0.25, 0.3) is 0 Å². The van der Waals surface area contributed by atoms with Crippen LogP contribution in [0.3, 0.4) is 0 Å². The molecule has 188 valence electrons. The molecule has 0 bridgehead atoms. The van der Waals surface area contributed by atoms with Gasteiger partial charge in [0.2, 0.25) is 0 Å². The maximum absolute atomic E-state index is 13.5. The van der Waals surface area contributed by atoms with E-state index in [-0.39, 0.29) is 12.5 Å². The Kier molecular flexibility index (Phi) is 5.77. The van der Waals surface area contributed by atoms with E-state index in [9.17, 15) is 14.4 Å². The van der Waals surface area contributed by atoms with Crippen molar-refractivity contribution in [2.24, 2.45) is 0 Å². The summed E-state index contributed by atoms with van der Waals surface area (Å²) in [6.07, 6.45) is 0. The minimum absolute atomic E-state index is 0.0435. The molecule has 0 aromatic heterocycles. The number of hydrogen-bond acceptors (Lipinski definition) is 7. The first-order valence-electron chi connectivity index (χ1n) is 12.4. The van der Waals surface area contributed by atoms with Crippen molar-refractivity contribution in [2.45, 2.75) is 12.1 Å². The van der Waals surface area contributed by atoms with E-state index in [0.717, 1.165) is 43.1 Å². The van der Waals surface area contributed by atoms with E-state index in [1.807, 2.05) is 42.5 Å². The number of anilines is 2. The first-order valence-corrected chi connectivity index (χ1v) is 12.4. The van der Waals surface area contributed by atoms with Crippen LogP contribution in [0.4, 0.5) is 16.2 Å². The van der Waals surface area contributed by atoms with Gasteiger partial charge < -0.3 is 29.5 Å². The molecule has 3 saturated heterocycles. The number of ether oxygens (including phenoxy) is 2. The van der Waals surface area contributed by atoms with Crippen molar-refractivity contribution >= 4 is 29.2 Å². The maximum Gasteiger partial charge on any atom is 0.322 e. The summed E-state index contributed by atoms with van der Waals surface area (Å²) < 4.78 is 10.9. The molecular formula is C26H29N5O5. The van der Waals surface area contributed by atoms with Gasteiger partial charge in [0.1, 0.15) is 0 Å². The number of benzene rings is 2. The van der Waals surface area contributed by atoms with Gasteiger partial charge in [-0.05, 0) is 35.4 Å². The van der Waals surface area contributed by atoms with E-state index in [0.29, 0.717) is 44.1 Å². The second-order valence-corrected chi connectivity index (χ2v) is 9.56. The summed E-state index contributed by atoms with van der Waals surface area (Å²) in [5.74, 6) is -0.595. The van der Waals surface area contributed by atoms with Crippen LogP contribution in [-0.2, 0) is 26.4 Å². The van der Waals surface area contributed by atoms with Gasteiger partial charge in [-0.25, -0.2) is 4.79 Å². The monoisotopic (exact) mass is 491 g/mol. The van der Waals surface area contributed by atoms with E-state index in [1.54, 1.807) is 4.90 Å². The smallest absolute Gasteiger partial charge is 0.322 e. The van der Waals surface area contributed by atoms with Gasteiger partial charge in [0.15, 0.2) is 5.54 Å². The van der Waals surface area contributed by atoms with Crippen molar-refractivity contribution < 1.29 is 23.9 Å². The summed E-state index contributed by atoms with van der Waals surface area (Å²) in [5, 5.41) is 5.19. The molecule has 0 radical (unpaired) electrons. The number of morpholine rings is 2. The number of urea groups is 1. The summed E-state index contributed by atoms with van der Waals surface area (Å²) in [4.78, 5) is 45.0. The van der Waals surface area contributed by atoms with E-state index in [4.69, 9.17) is 9.47 Å². The van der Waals surface area contributed by atoms with Crippen molar-refractivity contribution in [2.75, 3.05) is 69.0 Å². The average molecular weight is 492 g/mol. The SMILES string of the molecule is O=C1NC(=O)C(CN2Cc3ccc(N4CCOCC4)cc3C2=O)(c2ccc(N3CCOCC3)cc2)N1. The van der Waals surface area contributed by atoms with E-state index >= 15 is 0 Å². The number of carbonyl (C=O) groups excluding carboxylic acids is 3. The van der Waals surface area contributed by atoms with Gasteiger partial charge in [-0.2, -0.15) is 0 Å². The molecule has 2 N–H and O–H groups in total. The number of rotatable bonds is 5. The normalized spacial score (nSPS) is 24.1. The minimum atomic E-state index is -1.36. The lowest BCUT2D eigenvalue weighted by atomic mass is 9.89. The predicted molar refractivity (Wildman–Crippen MR) is 132 cm³/mol. The van der Waals surface area contributed by atoms with Gasteiger partial charge in [-0.1, -0.05) is 18.2 Å². The van der Waals surface area contributed by atoms with Gasteiger partial charge >= 0.3 is 6.03 Å². The number of imide groups is 1. The zero-order valence-electron chi connectivity index (χ0n) is 20.0. The maximum atomic E-state index is 13.5. The fraction of sp³-hybridized carbons (Fsp3) is 0.423. The molecule has 1 unspecified atom stereocenters. The van der Waals surface area contributed by atoms with Crippen molar-refractivity contribution in [3.8, 4) is 0 Å². The average Bonchev–Trinajstić information content (AvgIpc) is 3.39. The van der Waals surface area contributed by atoms with E-state index < -0.39 is 17.5 Å². The molecule has 10 nitrogen and oxygen atoms in total. The zero-order valence-corrected chi connectivity index (χ0v) is 20.0.